The molecule has 0 spiro atoms. The fourth-order valence-electron chi connectivity index (χ4n) is 14.4. The summed E-state index contributed by atoms with van der Waals surface area (Å²) in [5, 5.41) is 14.1. The minimum atomic E-state index is -1.24. The molecule has 6 heteroatoms. The average Bonchev–Trinajstić information content (AvgIpc) is 3.45. The number of morpholine rings is 1. The molecule has 1 aliphatic heterocycles. The van der Waals surface area contributed by atoms with Crippen LogP contribution in [0.4, 0.5) is 4.39 Å². The zero-order chi connectivity index (χ0) is 35.0. The number of nitrogens with zero attached hydrogens (tertiary/aromatic N) is 1. The lowest BCUT2D eigenvalue weighted by Crippen LogP contribution is -2.68. The van der Waals surface area contributed by atoms with E-state index in [0.717, 1.165) is 51.7 Å². The number of ether oxygens (including phenoxy) is 1. The Morgan fingerprint density at radius 1 is 0.959 bits per heavy atom. The van der Waals surface area contributed by atoms with Gasteiger partial charge in [-0.3, -0.25) is 9.69 Å². The van der Waals surface area contributed by atoms with E-state index in [0.29, 0.717) is 53.8 Å². The number of carboxylic acid groups (broad SMARTS) is 1. The van der Waals surface area contributed by atoms with Crippen molar-refractivity contribution in [3.8, 4) is 0 Å². The van der Waals surface area contributed by atoms with Crippen LogP contribution in [0.2, 0.25) is 0 Å². The van der Waals surface area contributed by atoms with Crippen LogP contribution in [-0.2, 0) is 9.53 Å². The highest BCUT2D eigenvalue weighted by molar-refractivity contribution is 5.75. The third-order valence-corrected chi connectivity index (χ3v) is 17.3. The van der Waals surface area contributed by atoms with Crippen LogP contribution in [0.3, 0.4) is 0 Å². The molecule has 10 atom stereocenters. The summed E-state index contributed by atoms with van der Waals surface area (Å²) >= 11 is 0. The SMILES string of the molecule is C=C(C)[C@@H]1CC[C@]2(NCCN3CCOCC3)CC[C@]3(C)[C@H](CC[C@@H]4[C@@]5(C)CC=C(C6=CCC(CF)(C(=O)O)CC6)C(C)(C)[C@@H]5CC[C@]43C)[C@@H]12. The summed E-state index contributed by atoms with van der Waals surface area (Å²) in [6, 6.07) is 0. The maximum atomic E-state index is 14.0. The van der Waals surface area contributed by atoms with E-state index in [9.17, 15) is 14.3 Å². The zero-order valence-corrected chi connectivity index (χ0v) is 31.8. The monoisotopic (exact) mass is 679 g/mol. The second-order valence-electron chi connectivity index (χ2n) is 19.4. The normalized spacial score (nSPS) is 46.4. The van der Waals surface area contributed by atoms with Gasteiger partial charge in [-0.25, -0.2) is 4.39 Å². The molecule has 4 saturated carbocycles. The van der Waals surface area contributed by atoms with Crippen molar-refractivity contribution in [1.29, 1.82) is 0 Å². The van der Waals surface area contributed by atoms with Crippen LogP contribution in [0, 0.1) is 56.7 Å². The molecule has 7 rings (SSSR count). The topological polar surface area (TPSA) is 61.8 Å². The number of fused-ring (bicyclic) bond motifs is 7. The number of alkyl halides is 1. The summed E-state index contributed by atoms with van der Waals surface area (Å²) in [5.74, 6) is 2.31. The highest BCUT2D eigenvalue weighted by Crippen LogP contribution is 2.76. The molecule has 5 fully saturated rings. The Balaban J connectivity index is 1.15. The van der Waals surface area contributed by atoms with Gasteiger partial charge in [0.2, 0.25) is 0 Å². The molecule has 0 aromatic carbocycles. The van der Waals surface area contributed by atoms with E-state index in [1.807, 2.05) is 0 Å². The van der Waals surface area contributed by atoms with Crippen molar-refractivity contribution in [3.05, 3.63) is 35.5 Å². The first-order chi connectivity index (χ1) is 23.2. The second kappa shape index (κ2) is 12.6. The Hall–Kier alpha value is -1.50. The molecule has 1 unspecified atom stereocenters. The van der Waals surface area contributed by atoms with Gasteiger partial charge in [0.15, 0.2) is 0 Å². The minimum absolute atomic E-state index is 0.0134. The van der Waals surface area contributed by atoms with Crippen molar-refractivity contribution in [2.75, 3.05) is 46.1 Å². The van der Waals surface area contributed by atoms with E-state index in [1.54, 1.807) is 0 Å². The van der Waals surface area contributed by atoms with Crippen molar-refractivity contribution < 1.29 is 19.0 Å². The molecular weight excluding hydrogens is 611 g/mol. The first kappa shape index (κ1) is 35.9. The lowest BCUT2D eigenvalue weighted by atomic mass is 9.33. The van der Waals surface area contributed by atoms with Gasteiger partial charge in [0.05, 0.1) is 18.6 Å². The number of rotatable bonds is 8. The number of hydrogen-bond acceptors (Lipinski definition) is 4. The fourth-order valence-corrected chi connectivity index (χ4v) is 14.4. The summed E-state index contributed by atoms with van der Waals surface area (Å²) in [6.07, 6.45) is 17.5. The number of allylic oxidation sites excluding steroid dienone is 5. The first-order valence-electron chi connectivity index (χ1n) is 20.1. The molecule has 49 heavy (non-hydrogen) atoms. The molecule has 7 aliphatic rings. The van der Waals surface area contributed by atoms with Crippen LogP contribution < -0.4 is 5.32 Å². The van der Waals surface area contributed by atoms with Crippen molar-refractivity contribution >= 4 is 5.97 Å². The third kappa shape index (κ3) is 5.33. The molecule has 274 valence electrons. The minimum Gasteiger partial charge on any atom is -0.481 e. The molecule has 1 saturated heterocycles. The van der Waals surface area contributed by atoms with Gasteiger partial charge in [0, 0.05) is 31.7 Å². The predicted octanol–water partition coefficient (Wildman–Crippen LogP) is 9.01. The van der Waals surface area contributed by atoms with Gasteiger partial charge in [-0.1, -0.05) is 58.9 Å². The number of aliphatic carboxylic acids is 1. The number of hydrogen-bond donors (Lipinski definition) is 2. The van der Waals surface area contributed by atoms with Gasteiger partial charge >= 0.3 is 5.97 Å². The average molecular weight is 679 g/mol. The first-order valence-corrected chi connectivity index (χ1v) is 20.1. The van der Waals surface area contributed by atoms with Gasteiger partial charge in [-0.05, 0) is 146 Å². The summed E-state index contributed by atoms with van der Waals surface area (Å²) in [7, 11) is 0. The Bertz CT molecular complexity index is 1380. The zero-order valence-electron chi connectivity index (χ0n) is 31.8. The van der Waals surface area contributed by atoms with Gasteiger partial charge in [-0.15, -0.1) is 0 Å². The number of carboxylic acids is 1. The van der Waals surface area contributed by atoms with E-state index < -0.39 is 18.1 Å². The van der Waals surface area contributed by atoms with Crippen LogP contribution in [0.1, 0.15) is 119 Å². The predicted molar refractivity (Wildman–Crippen MR) is 196 cm³/mol. The summed E-state index contributed by atoms with van der Waals surface area (Å²) in [4.78, 5) is 14.6. The molecule has 0 aromatic heterocycles. The van der Waals surface area contributed by atoms with Crippen molar-refractivity contribution in [1.82, 2.24) is 10.2 Å². The number of carbonyl (C=O) groups is 1. The second-order valence-corrected chi connectivity index (χ2v) is 19.4. The quantitative estimate of drug-likeness (QED) is 0.251. The molecule has 0 radical (unpaired) electrons. The van der Waals surface area contributed by atoms with Crippen LogP contribution >= 0.6 is 0 Å². The third-order valence-electron chi connectivity index (χ3n) is 17.3. The van der Waals surface area contributed by atoms with Crippen molar-refractivity contribution in [3.63, 3.8) is 0 Å². The Morgan fingerprint density at radius 2 is 1.71 bits per heavy atom. The van der Waals surface area contributed by atoms with Crippen molar-refractivity contribution in [2.45, 2.75) is 124 Å². The largest absolute Gasteiger partial charge is 0.481 e. The molecule has 1 heterocycles. The Kier molecular flexibility index (Phi) is 9.21. The Labute approximate surface area is 297 Å². The molecule has 0 bridgehead atoms. The lowest BCUT2D eigenvalue weighted by Gasteiger charge is -2.72. The van der Waals surface area contributed by atoms with Gasteiger partial charge in [-0.2, -0.15) is 0 Å². The number of nitrogens with one attached hydrogen (secondary N) is 1. The fraction of sp³-hybridized carbons (Fsp3) is 0.837. The molecule has 6 aliphatic carbocycles. The van der Waals surface area contributed by atoms with E-state index >= 15 is 0 Å². The van der Waals surface area contributed by atoms with Gasteiger partial charge in [0.25, 0.3) is 0 Å². The molecule has 2 N–H and O–H groups in total. The maximum absolute atomic E-state index is 14.0. The van der Waals surface area contributed by atoms with E-state index in [4.69, 9.17) is 4.74 Å². The molecule has 5 nitrogen and oxygen atoms in total. The van der Waals surface area contributed by atoms with Gasteiger partial charge < -0.3 is 15.2 Å². The van der Waals surface area contributed by atoms with Crippen LogP contribution in [0.15, 0.2) is 35.5 Å². The summed E-state index contributed by atoms with van der Waals surface area (Å²) in [5.41, 5.74) is 3.99. The van der Waals surface area contributed by atoms with Gasteiger partial charge in [0.1, 0.15) is 6.67 Å². The maximum Gasteiger partial charge on any atom is 0.312 e. The standard InChI is InChI=1S/C43H67FN2O3/c1-29(2)31-12-19-43(45-22-23-46-24-26-49-27-25-46)21-20-40(6)33(36(31)43)8-9-35-39(5)15-13-32(38(3,4)34(39)14-16-41(35,40)7)30-10-17-42(28-44,18-11-30)37(47)48/h10,13,31,33-36,45H,1,8-9,11-12,14-28H2,2-7H3,(H,47,48)/t31-,33+,34-,35+,36+,39-,40+,41+,42?,43-/m0/s1. The molecular formula is C43H67FN2O3. The highest BCUT2D eigenvalue weighted by Gasteiger charge is 2.70. The van der Waals surface area contributed by atoms with E-state index in [2.05, 4.69) is 70.5 Å². The highest BCUT2D eigenvalue weighted by atomic mass is 19.1. The van der Waals surface area contributed by atoms with E-state index in [-0.39, 0.29) is 16.4 Å². The smallest absolute Gasteiger partial charge is 0.312 e. The number of halogens is 1. The molecule has 0 aromatic rings. The Morgan fingerprint density at radius 3 is 2.37 bits per heavy atom. The van der Waals surface area contributed by atoms with Crippen LogP contribution in [0.5, 0.6) is 0 Å². The van der Waals surface area contributed by atoms with Crippen LogP contribution in [-0.4, -0.2) is 67.6 Å². The lowest BCUT2D eigenvalue weighted by molar-refractivity contribution is -0.221. The molecule has 0 amide bonds. The summed E-state index contributed by atoms with van der Waals surface area (Å²) < 4.78 is 19.6. The van der Waals surface area contributed by atoms with E-state index in [1.165, 1.54) is 68.1 Å². The summed E-state index contributed by atoms with van der Waals surface area (Å²) in [6.45, 7) is 25.3. The van der Waals surface area contributed by atoms with Crippen LogP contribution in [0.25, 0.3) is 0 Å². The van der Waals surface area contributed by atoms with Crippen molar-refractivity contribution in [2.24, 2.45) is 56.7 Å².